The van der Waals surface area contributed by atoms with E-state index in [1.54, 1.807) is 0 Å². The number of nitrogens with zero attached hydrogens (tertiary/aromatic N) is 3. The molecule has 3 rings (SSSR count). The van der Waals surface area contributed by atoms with Crippen molar-refractivity contribution in [1.82, 2.24) is 20.4 Å². The number of hydrogen-bond acceptors (Lipinski definition) is 4. The molecule has 0 aromatic heterocycles. The quantitative estimate of drug-likeness (QED) is 0.426. The van der Waals surface area contributed by atoms with Crippen molar-refractivity contribution in [3.8, 4) is 0 Å². The molecule has 1 aromatic rings. The standard InChI is InChI=1S/C24H41N5O/c1-3-5-13-28-15-11-22(12-16-28)27-24(25-4-2)26-17-23(30)19-29-14-10-20-8-6-7-9-21(20)18-29/h6-9,22-23,30H,3-5,10-19H2,1-2H3,(H2,25,26,27). The second-order valence-electron chi connectivity index (χ2n) is 8.74. The highest BCUT2D eigenvalue weighted by molar-refractivity contribution is 5.80. The molecule has 3 N–H and O–H groups in total. The van der Waals surface area contributed by atoms with Crippen LogP contribution >= 0.6 is 0 Å². The lowest BCUT2D eigenvalue weighted by Crippen LogP contribution is -2.49. The van der Waals surface area contributed by atoms with Gasteiger partial charge in [0, 0.05) is 45.3 Å². The van der Waals surface area contributed by atoms with E-state index < -0.39 is 6.10 Å². The maximum Gasteiger partial charge on any atom is 0.191 e. The molecule has 1 atom stereocenters. The minimum Gasteiger partial charge on any atom is -0.390 e. The van der Waals surface area contributed by atoms with Crippen molar-refractivity contribution in [2.24, 2.45) is 4.99 Å². The number of unbranched alkanes of at least 4 members (excludes halogenated alkanes) is 1. The molecule has 0 bridgehead atoms. The van der Waals surface area contributed by atoms with Crippen molar-refractivity contribution < 1.29 is 5.11 Å². The summed E-state index contributed by atoms with van der Waals surface area (Å²) in [4.78, 5) is 9.61. The third kappa shape index (κ3) is 7.25. The van der Waals surface area contributed by atoms with Crippen LogP contribution in [-0.4, -0.2) is 78.8 Å². The van der Waals surface area contributed by atoms with Gasteiger partial charge in [-0.05, 0) is 50.3 Å². The summed E-state index contributed by atoms with van der Waals surface area (Å²) in [6.45, 7) is 11.8. The Morgan fingerprint density at radius 2 is 1.90 bits per heavy atom. The zero-order valence-electron chi connectivity index (χ0n) is 18.9. The third-order valence-corrected chi connectivity index (χ3v) is 6.24. The Morgan fingerprint density at radius 3 is 2.63 bits per heavy atom. The fraction of sp³-hybridized carbons (Fsp3) is 0.708. The van der Waals surface area contributed by atoms with Crippen LogP contribution in [0.25, 0.3) is 0 Å². The van der Waals surface area contributed by atoms with Gasteiger partial charge in [-0.15, -0.1) is 0 Å². The Morgan fingerprint density at radius 1 is 1.13 bits per heavy atom. The molecule has 0 spiro atoms. The number of piperidine rings is 1. The largest absolute Gasteiger partial charge is 0.390 e. The van der Waals surface area contributed by atoms with E-state index in [9.17, 15) is 5.11 Å². The van der Waals surface area contributed by atoms with Gasteiger partial charge in [-0.2, -0.15) is 0 Å². The van der Waals surface area contributed by atoms with Crippen molar-refractivity contribution in [2.75, 3.05) is 45.8 Å². The summed E-state index contributed by atoms with van der Waals surface area (Å²) in [6.07, 6.45) is 5.49. The van der Waals surface area contributed by atoms with Gasteiger partial charge in [0.05, 0.1) is 12.6 Å². The SMILES string of the molecule is CCCCN1CCC(NC(=NCC(O)CN2CCc3ccccc3C2)NCC)CC1. The minimum absolute atomic E-state index is 0.433. The highest BCUT2D eigenvalue weighted by atomic mass is 16.3. The molecule has 30 heavy (non-hydrogen) atoms. The third-order valence-electron chi connectivity index (χ3n) is 6.24. The van der Waals surface area contributed by atoms with Crippen LogP contribution in [0.5, 0.6) is 0 Å². The zero-order valence-corrected chi connectivity index (χ0v) is 18.9. The number of likely N-dealkylation sites (tertiary alicyclic amines) is 1. The number of benzene rings is 1. The lowest BCUT2D eigenvalue weighted by molar-refractivity contribution is 0.111. The van der Waals surface area contributed by atoms with Gasteiger partial charge in [-0.1, -0.05) is 37.6 Å². The number of aliphatic hydroxyl groups excluding tert-OH is 1. The van der Waals surface area contributed by atoms with Crippen molar-refractivity contribution in [3.05, 3.63) is 35.4 Å². The van der Waals surface area contributed by atoms with Gasteiger partial charge in [-0.3, -0.25) is 9.89 Å². The van der Waals surface area contributed by atoms with Crippen LogP contribution in [0.4, 0.5) is 0 Å². The molecule has 168 valence electrons. The molecule has 2 aliphatic heterocycles. The van der Waals surface area contributed by atoms with Crippen LogP contribution in [0.1, 0.15) is 50.7 Å². The molecule has 2 heterocycles. The van der Waals surface area contributed by atoms with Crippen LogP contribution in [0.2, 0.25) is 0 Å². The molecule has 1 saturated heterocycles. The summed E-state index contributed by atoms with van der Waals surface area (Å²) in [5.41, 5.74) is 2.83. The van der Waals surface area contributed by atoms with E-state index in [1.807, 2.05) is 0 Å². The smallest absolute Gasteiger partial charge is 0.191 e. The van der Waals surface area contributed by atoms with Gasteiger partial charge in [0.2, 0.25) is 0 Å². The summed E-state index contributed by atoms with van der Waals surface area (Å²) in [7, 11) is 0. The number of hydrogen-bond donors (Lipinski definition) is 3. The van der Waals surface area contributed by atoms with E-state index in [4.69, 9.17) is 4.99 Å². The Kier molecular flexibility index (Phi) is 9.43. The van der Waals surface area contributed by atoms with E-state index in [1.165, 1.54) is 30.5 Å². The summed E-state index contributed by atoms with van der Waals surface area (Å²) in [6, 6.07) is 9.10. The predicted octanol–water partition coefficient (Wildman–Crippen LogP) is 2.23. The monoisotopic (exact) mass is 415 g/mol. The molecule has 1 fully saturated rings. The Bertz CT molecular complexity index is 657. The number of β-amino-alcohol motifs (C(OH)–C–C–N with tert-alkyl or cyclic N) is 1. The second kappa shape index (κ2) is 12.3. The van der Waals surface area contributed by atoms with Gasteiger partial charge >= 0.3 is 0 Å². The number of aliphatic hydroxyl groups is 1. The van der Waals surface area contributed by atoms with Gasteiger partial charge in [0.15, 0.2) is 5.96 Å². The van der Waals surface area contributed by atoms with Gasteiger partial charge in [-0.25, -0.2) is 0 Å². The Labute approximate surface area is 182 Å². The first-order valence-electron chi connectivity index (χ1n) is 11.9. The highest BCUT2D eigenvalue weighted by Crippen LogP contribution is 2.18. The molecule has 0 saturated carbocycles. The average Bonchev–Trinajstić information content (AvgIpc) is 2.77. The van der Waals surface area contributed by atoms with E-state index in [2.05, 4.69) is 58.5 Å². The van der Waals surface area contributed by atoms with Crippen LogP contribution < -0.4 is 10.6 Å². The highest BCUT2D eigenvalue weighted by Gasteiger charge is 2.21. The van der Waals surface area contributed by atoms with Gasteiger partial charge in [0.1, 0.15) is 0 Å². The first-order valence-corrected chi connectivity index (χ1v) is 11.9. The molecular formula is C24H41N5O. The average molecular weight is 416 g/mol. The molecule has 0 aliphatic carbocycles. The normalized spacial score (nSPS) is 20.0. The van der Waals surface area contributed by atoms with Crippen LogP contribution in [0.15, 0.2) is 29.3 Å². The van der Waals surface area contributed by atoms with E-state index in [0.717, 1.165) is 57.9 Å². The molecule has 6 nitrogen and oxygen atoms in total. The number of rotatable bonds is 9. The van der Waals surface area contributed by atoms with E-state index in [0.29, 0.717) is 19.1 Å². The number of guanidine groups is 1. The minimum atomic E-state index is -0.443. The van der Waals surface area contributed by atoms with Gasteiger partial charge in [0.25, 0.3) is 0 Å². The Balaban J connectivity index is 1.43. The molecule has 0 amide bonds. The summed E-state index contributed by atoms with van der Waals surface area (Å²) < 4.78 is 0. The zero-order chi connectivity index (χ0) is 21.2. The van der Waals surface area contributed by atoms with Crippen LogP contribution in [-0.2, 0) is 13.0 Å². The predicted molar refractivity (Wildman–Crippen MR) is 125 cm³/mol. The molecule has 1 unspecified atom stereocenters. The molecule has 0 radical (unpaired) electrons. The van der Waals surface area contributed by atoms with Crippen molar-refractivity contribution in [3.63, 3.8) is 0 Å². The fourth-order valence-corrected chi connectivity index (χ4v) is 4.46. The van der Waals surface area contributed by atoms with Crippen molar-refractivity contribution in [2.45, 2.75) is 64.6 Å². The number of fused-ring (bicyclic) bond motifs is 1. The van der Waals surface area contributed by atoms with Crippen molar-refractivity contribution in [1.29, 1.82) is 0 Å². The first-order chi connectivity index (χ1) is 14.7. The van der Waals surface area contributed by atoms with E-state index in [-0.39, 0.29) is 0 Å². The maximum absolute atomic E-state index is 10.6. The molecular weight excluding hydrogens is 374 g/mol. The molecule has 6 heteroatoms. The lowest BCUT2D eigenvalue weighted by Gasteiger charge is -2.33. The lowest BCUT2D eigenvalue weighted by atomic mass is 10.00. The van der Waals surface area contributed by atoms with E-state index >= 15 is 0 Å². The van der Waals surface area contributed by atoms with Crippen LogP contribution in [0.3, 0.4) is 0 Å². The van der Waals surface area contributed by atoms with Crippen LogP contribution in [0, 0.1) is 0 Å². The number of nitrogens with one attached hydrogen (secondary N) is 2. The number of aliphatic imine (C=N–C) groups is 1. The molecule has 2 aliphatic rings. The summed E-state index contributed by atoms with van der Waals surface area (Å²) in [5, 5.41) is 17.5. The summed E-state index contributed by atoms with van der Waals surface area (Å²) >= 11 is 0. The Hall–Kier alpha value is -1.63. The summed E-state index contributed by atoms with van der Waals surface area (Å²) in [5.74, 6) is 0.840. The topological polar surface area (TPSA) is 63.1 Å². The van der Waals surface area contributed by atoms with Crippen molar-refractivity contribution >= 4 is 5.96 Å². The first kappa shape index (κ1) is 23.0. The maximum atomic E-state index is 10.6. The molecule has 1 aromatic carbocycles. The second-order valence-corrected chi connectivity index (χ2v) is 8.74. The van der Waals surface area contributed by atoms with Gasteiger partial charge < -0.3 is 20.6 Å². The fourth-order valence-electron chi connectivity index (χ4n) is 4.46.